The molecule has 1 unspecified atom stereocenters. The molecule has 2 nitrogen and oxygen atoms in total. The van der Waals surface area contributed by atoms with Gasteiger partial charge in [-0.15, -0.1) is 11.3 Å². The van der Waals surface area contributed by atoms with E-state index >= 15 is 0 Å². The summed E-state index contributed by atoms with van der Waals surface area (Å²) in [5.41, 5.74) is 13.0. The van der Waals surface area contributed by atoms with Crippen molar-refractivity contribution in [2.75, 3.05) is 9.80 Å². The first-order chi connectivity index (χ1) is 21.3. The van der Waals surface area contributed by atoms with Gasteiger partial charge in [-0.25, -0.2) is 0 Å². The average molecular weight is 589 g/mol. The summed E-state index contributed by atoms with van der Waals surface area (Å²) in [5.74, 6) is 0.534. The molecule has 3 heterocycles. The quantitative estimate of drug-likeness (QED) is 0.189. The first-order valence-electron chi connectivity index (χ1n) is 16.1. The number of hydrogen-bond donors (Lipinski definition) is 0. The van der Waals surface area contributed by atoms with E-state index in [0.29, 0.717) is 5.92 Å². The van der Waals surface area contributed by atoms with Gasteiger partial charge in [0.15, 0.2) is 0 Å². The lowest BCUT2D eigenvalue weighted by molar-refractivity contribution is 0.121. The lowest BCUT2D eigenvalue weighted by Crippen LogP contribution is -2.56. The molecule has 1 fully saturated rings. The minimum atomic E-state index is 0.198. The summed E-state index contributed by atoms with van der Waals surface area (Å²) in [5, 5.41) is 1.35. The highest BCUT2D eigenvalue weighted by Crippen LogP contribution is 2.59. The van der Waals surface area contributed by atoms with E-state index < -0.39 is 0 Å². The van der Waals surface area contributed by atoms with E-state index in [0.717, 1.165) is 6.42 Å². The van der Waals surface area contributed by atoms with Crippen LogP contribution in [-0.2, 0) is 0 Å². The maximum Gasteiger partial charge on any atom is 0.264 e. The SMILES string of the molecule is CC1(C)CCC(C)(C)C2CC3=C(C=C21)B1c2sc4ccccc4c2N(c2ccccc2)c2cccc(c21)N3c1ccccc1. The Morgan fingerprint density at radius 1 is 0.705 bits per heavy atom. The van der Waals surface area contributed by atoms with Crippen LogP contribution in [0.2, 0.25) is 0 Å². The third-order valence-electron chi connectivity index (χ3n) is 11.1. The van der Waals surface area contributed by atoms with Crippen LogP contribution < -0.4 is 20.0 Å². The summed E-state index contributed by atoms with van der Waals surface area (Å²) in [4.78, 5) is 5.17. The number of hydrogen-bond acceptors (Lipinski definition) is 3. The molecule has 44 heavy (non-hydrogen) atoms. The van der Waals surface area contributed by atoms with Gasteiger partial charge < -0.3 is 9.80 Å². The fourth-order valence-corrected chi connectivity index (χ4v) is 9.99. The second-order valence-electron chi connectivity index (χ2n) is 14.4. The fraction of sp³-hybridized carbons (Fsp3) is 0.250. The molecular weight excluding hydrogens is 551 g/mol. The van der Waals surface area contributed by atoms with Crippen molar-refractivity contribution in [1.82, 2.24) is 0 Å². The van der Waals surface area contributed by atoms with Crippen LogP contribution in [0.15, 0.2) is 126 Å². The van der Waals surface area contributed by atoms with Crippen LogP contribution in [-0.4, -0.2) is 6.71 Å². The molecule has 1 atom stereocenters. The Bertz CT molecular complexity index is 2020. The van der Waals surface area contributed by atoms with E-state index in [1.54, 1.807) is 5.57 Å². The van der Waals surface area contributed by atoms with Crippen LogP contribution in [0.25, 0.3) is 10.1 Å². The van der Waals surface area contributed by atoms with E-state index in [2.05, 4.69) is 147 Å². The van der Waals surface area contributed by atoms with Crippen molar-refractivity contribution in [2.45, 2.75) is 47.0 Å². The third kappa shape index (κ3) is 3.61. The summed E-state index contributed by atoms with van der Waals surface area (Å²) in [6, 6.07) is 38.1. The molecule has 216 valence electrons. The Labute approximate surface area is 265 Å². The van der Waals surface area contributed by atoms with E-state index in [4.69, 9.17) is 0 Å². The number of nitrogens with zero attached hydrogens (tertiary/aromatic N) is 2. The van der Waals surface area contributed by atoms with Gasteiger partial charge in [0, 0.05) is 43.3 Å². The Kier molecular flexibility index (Phi) is 5.55. The molecule has 0 N–H and O–H groups in total. The molecule has 4 aliphatic rings. The highest BCUT2D eigenvalue weighted by Gasteiger charge is 2.51. The van der Waals surface area contributed by atoms with Crippen LogP contribution in [0, 0.1) is 16.7 Å². The van der Waals surface area contributed by atoms with Crippen LogP contribution in [0.1, 0.15) is 47.0 Å². The lowest BCUT2D eigenvalue weighted by Gasteiger charge is -2.53. The Balaban J connectivity index is 1.39. The van der Waals surface area contributed by atoms with Crippen molar-refractivity contribution in [2.24, 2.45) is 16.7 Å². The van der Waals surface area contributed by atoms with Crippen molar-refractivity contribution in [3.8, 4) is 0 Å². The fourth-order valence-electron chi connectivity index (χ4n) is 8.68. The van der Waals surface area contributed by atoms with Gasteiger partial charge in [-0.3, -0.25) is 0 Å². The maximum absolute atomic E-state index is 2.69. The molecule has 0 bridgehead atoms. The summed E-state index contributed by atoms with van der Waals surface area (Å²) in [7, 11) is 0. The molecule has 9 rings (SSSR count). The summed E-state index contributed by atoms with van der Waals surface area (Å²) < 4.78 is 2.83. The van der Waals surface area contributed by atoms with Crippen LogP contribution in [0.5, 0.6) is 0 Å². The van der Waals surface area contributed by atoms with Crippen LogP contribution in [0.4, 0.5) is 28.4 Å². The normalized spacial score (nSPS) is 21.0. The minimum Gasteiger partial charge on any atom is -0.315 e. The third-order valence-corrected chi connectivity index (χ3v) is 12.3. The van der Waals surface area contributed by atoms with Gasteiger partial charge in [0.2, 0.25) is 0 Å². The molecule has 4 heteroatoms. The van der Waals surface area contributed by atoms with Gasteiger partial charge in [-0.2, -0.15) is 0 Å². The Morgan fingerprint density at radius 2 is 1.34 bits per heavy atom. The molecule has 4 aromatic carbocycles. The molecule has 1 aromatic heterocycles. The Hall–Kier alpha value is -4.02. The van der Waals surface area contributed by atoms with Crippen molar-refractivity contribution in [3.63, 3.8) is 0 Å². The summed E-state index contributed by atoms with van der Waals surface area (Å²) in [6.45, 7) is 10.2. The number of para-hydroxylation sites is 2. The highest BCUT2D eigenvalue weighted by molar-refractivity contribution is 7.33. The van der Waals surface area contributed by atoms with Gasteiger partial charge in [0.25, 0.3) is 6.71 Å². The first kappa shape index (κ1) is 26.4. The summed E-state index contributed by atoms with van der Waals surface area (Å²) in [6.07, 6.45) is 6.29. The van der Waals surface area contributed by atoms with Gasteiger partial charge >= 0.3 is 0 Å². The van der Waals surface area contributed by atoms with Crippen molar-refractivity contribution >= 4 is 66.8 Å². The zero-order valence-corrected chi connectivity index (χ0v) is 26.8. The highest BCUT2D eigenvalue weighted by atomic mass is 32.1. The molecule has 2 aliphatic carbocycles. The molecule has 5 aromatic rings. The standard InChI is InChI=1S/C40H37BN2S/c1-39(2)22-23-40(3,4)30-25-34-31(24-29(30)39)41-36-32(42(34)26-14-7-5-8-15-26)19-13-20-33(36)43(27-16-9-6-10-17-27)37-28-18-11-12-21-35(28)44-38(37)41/h5-21,24,30H,22-23,25H2,1-4H3. The molecule has 1 saturated carbocycles. The Morgan fingerprint density at radius 3 is 2.07 bits per heavy atom. The molecule has 0 amide bonds. The van der Waals surface area contributed by atoms with Gasteiger partial charge in [0.05, 0.1) is 5.69 Å². The predicted molar refractivity (Wildman–Crippen MR) is 190 cm³/mol. The number of benzene rings is 4. The molecular formula is C40H37BN2S. The van der Waals surface area contributed by atoms with E-state index in [9.17, 15) is 0 Å². The maximum atomic E-state index is 2.69. The molecule has 2 aliphatic heterocycles. The first-order valence-corrected chi connectivity index (χ1v) is 16.9. The van der Waals surface area contributed by atoms with Gasteiger partial charge in [0.1, 0.15) is 0 Å². The molecule has 0 spiro atoms. The van der Waals surface area contributed by atoms with Crippen molar-refractivity contribution in [3.05, 3.63) is 126 Å². The number of anilines is 5. The average Bonchev–Trinajstić information content (AvgIpc) is 3.43. The van der Waals surface area contributed by atoms with Crippen molar-refractivity contribution in [1.29, 1.82) is 0 Å². The smallest absolute Gasteiger partial charge is 0.264 e. The van der Waals surface area contributed by atoms with Gasteiger partial charge in [-0.05, 0) is 89.4 Å². The lowest BCUT2D eigenvalue weighted by atomic mass is 9.34. The minimum absolute atomic E-state index is 0.198. The van der Waals surface area contributed by atoms with Gasteiger partial charge in [-0.1, -0.05) is 100 Å². The van der Waals surface area contributed by atoms with Crippen LogP contribution in [0.3, 0.4) is 0 Å². The second kappa shape index (κ2) is 9.25. The zero-order valence-electron chi connectivity index (χ0n) is 26.0. The summed E-state index contributed by atoms with van der Waals surface area (Å²) >= 11 is 2.00. The molecule has 0 saturated heterocycles. The zero-order chi connectivity index (χ0) is 29.8. The van der Waals surface area contributed by atoms with E-state index in [1.165, 1.54) is 72.8 Å². The number of thiophene rings is 1. The number of allylic oxidation sites excluding steroid dienone is 4. The second-order valence-corrected chi connectivity index (χ2v) is 15.5. The monoisotopic (exact) mass is 588 g/mol. The topological polar surface area (TPSA) is 6.48 Å². The number of fused-ring (bicyclic) bond motifs is 6. The predicted octanol–water partition coefficient (Wildman–Crippen LogP) is 10.0. The van der Waals surface area contributed by atoms with Crippen molar-refractivity contribution < 1.29 is 0 Å². The number of rotatable bonds is 2. The van der Waals surface area contributed by atoms with Crippen LogP contribution >= 0.6 is 11.3 Å². The van der Waals surface area contributed by atoms with E-state index in [-0.39, 0.29) is 17.5 Å². The largest absolute Gasteiger partial charge is 0.315 e. The van der Waals surface area contributed by atoms with E-state index in [1.807, 2.05) is 11.3 Å². The molecule has 0 radical (unpaired) electrons.